The summed E-state index contributed by atoms with van der Waals surface area (Å²) in [6.45, 7) is 0.0987. The minimum atomic E-state index is -4.54. The van der Waals surface area contributed by atoms with Crippen molar-refractivity contribution in [2.75, 3.05) is 32.1 Å². The Labute approximate surface area is 174 Å². The first kappa shape index (κ1) is 23.2. The molecule has 1 amide bonds. The molecule has 12 heteroatoms. The maximum absolute atomic E-state index is 13.0. The van der Waals surface area contributed by atoms with Gasteiger partial charge in [-0.1, -0.05) is 11.6 Å². The van der Waals surface area contributed by atoms with Crippen LogP contribution >= 0.6 is 11.6 Å². The number of benzene rings is 1. The Bertz CT molecular complexity index is 938. The van der Waals surface area contributed by atoms with Crippen molar-refractivity contribution >= 4 is 29.0 Å². The van der Waals surface area contributed by atoms with E-state index in [0.717, 1.165) is 18.2 Å². The van der Waals surface area contributed by atoms with Crippen LogP contribution in [-0.4, -0.2) is 43.1 Å². The molecule has 2 aromatic rings. The summed E-state index contributed by atoms with van der Waals surface area (Å²) in [6.07, 6.45) is -4.29. The quantitative estimate of drug-likeness (QED) is 0.375. The van der Waals surface area contributed by atoms with Crippen LogP contribution in [0.5, 0.6) is 5.88 Å². The predicted octanol–water partition coefficient (Wildman–Crippen LogP) is 3.93. The van der Waals surface area contributed by atoms with Crippen LogP contribution in [0, 0.1) is 10.1 Å². The maximum Gasteiger partial charge on any atom is 0.416 e. The standard InChI is InChI=1S/C18H18ClF3N4O4/c1-25(2)15-8-11(18(20,21)22)9-16(24-15)30-7-3-6-23-17(27)13-10-12(26(28)29)4-5-14(13)19/h4-5,8-10H,3,6-7H2,1-2H3,(H,23,27). The fourth-order valence-corrected chi connectivity index (χ4v) is 2.51. The molecule has 2 rings (SSSR count). The van der Waals surface area contributed by atoms with Crippen molar-refractivity contribution in [2.24, 2.45) is 0 Å². The highest BCUT2D eigenvalue weighted by atomic mass is 35.5. The average Bonchev–Trinajstić information content (AvgIpc) is 2.66. The normalized spacial score (nSPS) is 11.1. The summed E-state index contributed by atoms with van der Waals surface area (Å²) in [5, 5.41) is 13.4. The van der Waals surface area contributed by atoms with Crippen LogP contribution < -0.4 is 15.0 Å². The van der Waals surface area contributed by atoms with E-state index in [0.29, 0.717) is 0 Å². The lowest BCUT2D eigenvalue weighted by molar-refractivity contribution is -0.384. The SMILES string of the molecule is CN(C)c1cc(C(F)(F)F)cc(OCCCNC(=O)c2cc([N+](=O)[O-])ccc2Cl)n1. The molecule has 162 valence electrons. The molecule has 0 unspecified atom stereocenters. The molecule has 8 nitrogen and oxygen atoms in total. The second-order valence-electron chi connectivity index (χ2n) is 6.32. The van der Waals surface area contributed by atoms with Crippen molar-refractivity contribution in [2.45, 2.75) is 12.6 Å². The molecule has 0 aliphatic carbocycles. The minimum Gasteiger partial charge on any atom is -0.478 e. The number of carbonyl (C=O) groups excluding carboxylic acids is 1. The molecule has 1 aromatic heterocycles. The largest absolute Gasteiger partial charge is 0.478 e. The van der Waals surface area contributed by atoms with Gasteiger partial charge in [0.2, 0.25) is 5.88 Å². The summed E-state index contributed by atoms with van der Waals surface area (Å²) in [7, 11) is 3.11. The van der Waals surface area contributed by atoms with E-state index in [4.69, 9.17) is 16.3 Å². The third-order valence-electron chi connectivity index (χ3n) is 3.84. The Kier molecular flexibility index (Phi) is 7.43. The summed E-state index contributed by atoms with van der Waals surface area (Å²) < 4.78 is 44.3. The number of nitrogens with zero attached hydrogens (tertiary/aromatic N) is 3. The molecule has 0 atom stereocenters. The van der Waals surface area contributed by atoms with E-state index >= 15 is 0 Å². The molecule has 0 radical (unpaired) electrons. The topological polar surface area (TPSA) is 97.6 Å². The van der Waals surface area contributed by atoms with Crippen molar-refractivity contribution < 1.29 is 27.6 Å². The van der Waals surface area contributed by atoms with Crippen molar-refractivity contribution in [3.05, 3.63) is 56.6 Å². The molecule has 0 saturated heterocycles. The summed E-state index contributed by atoms with van der Waals surface area (Å²) in [4.78, 5) is 27.7. The van der Waals surface area contributed by atoms with E-state index < -0.39 is 22.6 Å². The summed E-state index contributed by atoms with van der Waals surface area (Å²) in [6, 6.07) is 5.20. The average molecular weight is 447 g/mol. The number of carbonyl (C=O) groups is 1. The predicted molar refractivity (Wildman–Crippen MR) is 104 cm³/mol. The Morgan fingerprint density at radius 2 is 2.00 bits per heavy atom. The summed E-state index contributed by atoms with van der Waals surface area (Å²) in [5.41, 5.74) is -1.22. The van der Waals surface area contributed by atoms with Gasteiger partial charge in [-0.25, -0.2) is 0 Å². The summed E-state index contributed by atoms with van der Waals surface area (Å²) in [5.74, 6) is -0.717. The van der Waals surface area contributed by atoms with Crippen LogP contribution in [0.2, 0.25) is 5.02 Å². The van der Waals surface area contributed by atoms with Gasteiger partial charge >= 0.3 is 6.18 Å². The van der Waals surface area contributed by atoms with Crippen LogP contribution in [-0.2, 0) is 6.18 Å². The zero-order chi connectivity index (χ0) is 22.5. The lowest BCUT2D eigenvalue weighted by atomic mass is 10.2. The first-order valence-corrected chi connectivity index (χ1v) is 8.98. The highest BCUT2D eigenvalue weighted by Gasteiger charge is 2.32. The molecule has 0 aliphatic rings. The van der Waals surface area contributed by atoms with Gasteiger partial charge in [-0.15, -0.1) is 0 Å². The second kappa shape index (κ2) is 9.61. The lowest BCUT2D eigenvalue weighted by Crippen LogP contribution is -2.26. The number of amides is 1. The number of pyridine rings is 1. The molecule has 0 aliphatic heterocycles. The van der Waals surface area contributed by atoms with E-state index in [1.54, 1.807) is 14.1 Å². The van der Waals surface area contributed by atoms with Gasteiger partial charge in [0.15, 0.2) is 0 Å². The fraction of sp³-hybridized carbons (Fsp3) is 0.333. The Morgan fingerprint density at radius 3 is 2.60 bits per heavy atom. The number of non-ortho nitro benzene ring substituents is 1. The number of hydrogen-bond donors (Lipinski definition) is 1. The van der Waals surface area contributed by atoms with E-state index in [2.05, 4.69) is 10.3 Å². The minimum absolute atomic E-state index is 0.00979. The molecule has 1 N–H and O–H groups in total. The number of ether oxygens (including phenoxy) is 1. The van der Waals surface area contributed by atoms with Crippen molar-refractivity contribution in [1.82, 2.24) is 10.3 Å². The van der Waals surface area contributed by atoms with E-state index in [1.165, 1.54) is 17.0 Å². The number of anilines is 1. The van der Waals surface area contributed by atoms with Crippen LogP contribution in [0.1, 0.15) is 22.3 Å². The van der Waals surface area contributed by atoms with Gasteiger partial charge in [-0.05, 0) is 18.6 Å². The van der Waals surface area contributed by atoms with E-state index in [9.17, 15) is 28.1 Å². The van der Waals surface area contributed by atoms with Gasteiger partial charge in [0, 0.05) is 38.8 Å². The van der Waals surface area contributed by atoms with Crippen molar-refractivity contribution in [1.29, 1.82) is 0 Å². The van der Waals surface area contributed by atoms with Crippen LogP contribution in [0.3, 0.4) is 0 Å². The first-order chi connectivity index (χ1) is 14.0. The zero-order valence-corrected chi connectivity index (χ0v) is 16.8. The Morgan fingerprint density at radius 1 is 1.30 bits per heavy atom. The Hall–Kier alpha value is -3.08. The second-order valence-corrected chi connectivity index (χ2v) is 6.73. The highest BCUT2D eigenvalue weighted by molar-refractivity contribution is 6.33. The smallest absolute Gasteiger partial charge is 0.416 e. The van der Waals surface area contributed by atoms with Crippen LogP contribution in [0.25, 0.3) is 0 Å². The van der Waals surface area contributed by atoms with E-state index in [-0.39, 0.29) is 47.5 Å². The number of nitro benzene ring substituents is 1. The maximum atomic E-state index is 13.0. The first-order valence-electron chi connectivity index (χ1n) is 8.60. The third-order valence-corrected chi connectivity index (χ3v) is 4.17. The molecule has 0 fully saturated rings. The molecule has 1 aromatic carbocycles. The fourth-order valence-electron chi connectivity index (χ4n) is 2.30. The van der Waals surface area contributed by atoms with Gasteiger partial charge in [0.1, 0.15) is 5.82 Å². The number of alkyl halides is 3. The molecule has 0 bridgehead atoms. The molecule has 0 saturated carbocycles. The van der Waals surface area contributed by atoms with Gasteiger partial charge in [-0.3, -0.25) is 14.9 Å². The van der Waals surface area contributed by atoms with Gasteiger partial charge in [0.05, 0.1) is 27.7 Å². The van der Waals surface area contributed by atoms with Gasteiger partial charge < -0.3 is 15.0 Å². The van der Waals surface area contributed by atoms with Crippen LogP contribution in [0.15, 0.2) is 30.3 Å². The number of nitrogens with one attached hydrogen (secondary N) is 1. The highest BCUT2D eigenvalue weighted by Crippen LogP contribution is 2.33. The van der Waals surface area contributed by atoms with Crippen molar-refractivity contribution in [3.8, 4) is 5.88 Å². The lowest BCUT2D eigenvalue weighted by Gasteiger charge is -2.16. The van der Waals surface area contributed by atoms with Crippen LogP contribution in [0.4, 0.5) is 24.7 Å². The Balaban J connectivity index is 1.93. The molecule has 30 heavy (non-hydrogen) atoms. The monoisotopic (exact) mass is 446 g/mol. The molecule has 0 spiro atoms. The van der Waals surface area contributed by atoms with E-state index in [1.807, 2.05) is 0 Å². The van der Waals surface area contributed by atoms with Gasteiger partial charge in [0.25, 0.3) is 11.6 Å². The molecule has 1 heterocycles. The number of nitro groups is 1. The number of hydrogen-bond acceptors (Lipinski definition) is 6. The number of halogens is 4. The van der Waals surface area contributed by atoms with Crippen molar-refractivity contribution in [3.63, 3.8) is 0 Å². The molecular weight excluding hydrogens is 429 g/mol. The number of rotatable bonds is 8. The zero-order valence-electron chi connectivity index (χ0n) is 16.0. The molecular formula is C18H18ClF3N4O4. The third kappa shape index (κ3) is 6.21. The summed E-state index contributed by atoms with van der Waals surface area (Å²) >= 11 is 5.90. The number of aromatic nitrogens is 1. The van der Waals surface area contributed by atoms with Gasteiger partial charge in [-0.2, -0.15) is 18.2 Å².